The van der Waals surface area contributed by atoms with E-state index in [4.69, 9.17) is 0 Å². The summed E-state index contributed by atoms with van der Waals surface area (Å²) in [5.41, 5.74) is 0.714. The molecule has 0 N–H and O–H groups in total. The molecule has 2 bridgehead atoms. The molecule has 5 rings (SSSR count). The van der Waals surface area contributed by atoms with E-state index in [0.717, 1.165) is 12.8 Å². The van der Waals surface area contributed by atoms with Crippen molar-refractivity contribution in [3.63, 3.8) is 0 Å². The van der Waals surface area contributed by atoms with Crippen molar-refractivity contribution in [2.45, 2.75) is 12.8 Å². The molecule has 1 aromatic carbocycles. The van der Waals surface area contributed by atoms with Crippen LogP contribution < -0.4 is 4.90 Å². The van der Waals surface area contributed by atoms with E-state index in [2.05, 4.69) is 12.2 Å². The summed E-state index contributed by atoms with van der Waals surface area (Å²) in [5.74, 6) is 0.300. The first-order valence-electron chi connectivity index (χ1n) is 6.88. The number of nitrogens with zero attached hydrogens (tertiary/aromatic N) is 1. The largest absolute Gasteiger partial charge is 0.274 e. The molecule has 1 saturated carbocycles. The van der Waals surface area contributed by atoms with Crippen LogP contribution in [0.5, 0.6) is 0 Å². The van der Waals surface area contributed by atoms with Crippen LogP contribution in [0.25, 0.3) is 0 Å². The highest BCUT2D eigenvalue weighted by molar-refractivity contribution is 6.22. The van der Waals surface area contributed by atoms with E-state index in [0.29, 0.717) is 5.69 Å². The third-order valence-electron chi connectivity index (χ3n) is 4.77. The highest BCUT2D eigenvalue weighted by atomic mass is 16.2. The zero-order chi connectivity index (χ0) is 13.0. The Hall–Kier alpha value is -1.90. The van der Waals surface area contributed by atoms with Crippen molar-refractivity contribution < 1.29 is 9.59 Å². The molecule has 0 spiro atoms. The average Bonchev–Trinajstić information content (AvgIpc) is 2.75. The second-order valence-corrected chi connectivity index (χ2v) is 5.69. The van der Waals surface area contributed by atoms with Crippen LogP contribution in [0, 0.1) is 23.7 Å². The highest BCUT2D eigenvalue weighted by Crippen LogP contribution is 2.50. The van der Waals surface area contributed by atoms with Crippen LogP contribution in [0.1, 0.15) is 12.8 Å². The van der Waals surface area contributed by atoms with Gasteiger partial charge in [-0.15, -0.1) is 0 Å². The zero-order valence-electron chi connectivity index (χ0n) is 10.5. The summed E-state index contributed by atoms with van der Waals surface area (Å²) in [4.78, 5) is 26.6. The topological polar surface area (TPSA) is 37.4 Å². The summed E-state index contributed by atoms with van der Waals surface area (Å²) in [5, 5.41) is 0. The van der Waals surface area contributed by atoms with E-state index >= 15 is 0 Å². The molecular formula is C16H15NO2. The van der Waals surface area contributed by atoms with Gasteiger partial charge in [-0.3, -0.25) is 14.5 Å². The number of hydrogen-bond acceptors (Lipinski definition) is 2. The highest BCUT2D eigenvalue weighted by Gasteiger charge is 2.56. The van der Waals surface area contributed by atoms with Crippen LogP contribution in [0.2, 0.25) is 0 Å². The molecule has 3 aliphatic carbocycles. The molecule has 4 atom stereocenters. The van der Waals surface area contributed by atoms with Gasteiger partial charge in [0.1, 0.15) is 0 Å². The maximum Gasteiger partial charge on any atom is 0.238 e. The molecular weight excluding hydrogens is 238 g/mol. The van der Waals surface area contributed by atoms with Gasteiger partial charge in [-0.25, -0.2) is 0 Å². The van der Waals surface area contributed by atoms with Gasteiger partial charge in [-0.05, 0) is 36.8 Å². The lowest BCUT2D eigenvalue weighted by Crippen LogP contribution is -2.38. The quantitative estimate of drug-likeness (QED) is 0.569. The molecule has 1 heterocycles. The summed E-state index contributed by atoms with van der Waals surface area (Å²) in [6.07, 6.45) is 6.39. The number of anilines is 1. The normalized spacial score (nSPS) is 35.9. The summed E-state index contributed by atoms with van der Waals surface area (Å²) in [6.45, 7) is 0. The minimum atomic E-state index is -0.114. The minimum absolute atomic E-state index is 0.000231. The number of carbonyl (C=O) groups is 2. The number of para-hydroxylation sites is 1. The van der Waals surface area contributed by atoms with Crippen molar-refractivity contribution in [1.82, 2.24) is 0 Å². The summed E-state index contributed by atoms with van der Waals surface area (Å²) in [7, 11) is 0. The number of fused-ring (bicyclic) bond motifs is 1. The summed E-state index contributed by atoms with van der Waals surface area (Å²) in [6, 6.07) is 9.30. The van der Waals surface area contributed by atoms with E-state index < -0.39 is 0 Å². The van der Waals surface area contributed by atoms with Crippen molar-refractivity contribution in [2.75, 3.05) is 4.90 Å². The van der Waals surface area contributed by atoms with Crippen molar-refractivity contribution in [1.29, 1.82) is 0 Å². The number of amides is 2. The molecule has 19 heavy (non-hydrogen) atoms. The van der Waals surface area contributed by atoms with E-state index in [9.17, 15) is 9.59 Å². The smallest absolute Gasteiger partial charge is 0.238 e. The number of hydrogen-bond donors (Lipinski definition) is 0. The van der Waals surface area contributed by atoms with Crippen molar-refractivity contribution in [3.8, 4) is 0 Å². The molecule has 96 valence electrons. The van der Waals surface area contributed by atoms with Gasteiger partial charge < -0.3 is 0 Å². The minimum Gasteiger partial charge on any atom is -0.274 e. The fourth-order valence-corrected chi connectivity index (χ4v) is 3.91. The SMILES string of the molecule is O=C1[C@@H]2[C@@H](C(=O)N1c1ccccc1)[C@H]1C=C[C@H]2CC1. The van der Waals surface area contributed by atoms with E-state index in [-0.39, 0.29) is 35.5 Å². The molecule has 0 radical (unpaired) electrons. The van der Waals surface area contributed by atoms with Crippen molar-refractivity contribution >= 4 is 17.5 Å². The molecule has 3 nitrogen and oxygen atoms in total. The average molecular weight is 253 g/mol. The Morgan fingerprint density at radius 3 is 1.84 bits per heavy atom. The fourth-order valence-electron chi connectivity index (χ4n) is 3.91. The van der Waals surface area contributed by atoms with Gasteiger partial charge in [-0.1, -0.05) is 30.4 Å². The molecule has 1 aliphatic heterocycles. The van der Waals surface area contributed by atoms with Crippen LogP contribution in [-0.2, 0) is 9.59 Å². The molecule has 2 amide bonds. The zero-order valence-corrected chi connectivity index (χ0v) is 10.5. The summed E-state index contributed by atoms with van der Waals surface area (Å²) >= 11 is 0. The number of rotatable bonds is 1. The van der Waals surface area contributed by atoms with Crippen LogP contribution in [-0.4, -0.2) is 11.8 Å². The number of benzene rings is 1. The molecule has 4 aliphatic rings. The Morgan fingerprint density at radius 1 is 0.842 bits per heavy atom. The van der Waals surface area contributed by atoms with Crippen LogP contribution in [0.3, 0.4) is 0 Å². The van der Waals surface area contributed by atoms with Gasteiger partial charge in [0, 0.05) is 0 Å². The summed E-state index contributed by atoms with van der Waals surface area (Å²) < 4.78 is 0. The Kier molecular flexibility index (Phi) is 2.19. The maximum atomic E-state index is 12.6. The lowest BCUT2D eigenvalue weighted by Gasteiger charge is -2.38. The Balaban J connectivity index is 1.78. The van der Waals surface area contributed by atoms with Gasteiger partial charge in [0.25, 0.3) is 0 Å². The second-order valence-electron chi connectivity index (χ2n) is 5.69. The predicted molar refractivity (Wildman–Crippen MR) is 71.3 cm³/mol. The molecule has 0 unspecified atom stereocenters. The second kappa shape index (κ2) is 3.80. The number of allylic oxidation sites excluding steroid dienone is 2. The number of carbonyl (C=O) groups excluding carboxylic acids is 2. The number of imide groups is 1. The van der Waals surface area contributed by atoms with Gasteiger partial charge in [0.2, 0.25) is 11.8 Å². The van der Waals surface area contributed by atoms with E-state index in [1.54, 1.807) is 0 Å². The Bertz CT molecular complexity index is 546. The van der Waals surface area contributed by atoms with Gasteiger partial charge in [0.05, 0.1) is 17.5 Å². The Morgan fingerprint density at radius 2 is 1.37 bits per heavy atom. The molecule has 1 saturated heterocycles. The molecule has 0 aromatic heterocycles. The van der Waals surface area contributed by atoms with E-state index in [1.807, 2.05) is 30.3 Å². The van der Waals surface area contributed by atoms with Gasteiger partial charge in [-0.2, -0.15) is 0 Å². The van der Waals surface area contributed by atoms with Gasteiger partial charge in [0.15, 0.2) is 0 Å². The molecule has 2 fully saturated rings. The van der Waals surface area contributed by atoms with Gasteiger partial charge >= 0.3 is 0 Å². The Labute approximate surface area is 111 Å². The predicted octanol–water partition coefficient (Wildman–Crippen LogP) is 2.39. The van der Waals surface area contributed by atoms with Crippen molar-refractivity contribution in [2.24, 2.45) is 23.7 Å². The third-order valence-corrected chi connectivity index (χ3v) is 4.77. The first kappa shape index (κ1) is 11.0. The van der Waals surface area contributed by atoms with Crippen LogP contribution in [0.15, 0.2) is 42.5 Å². The molecule has 3 heteroatoms. The van der Waals surface area contributed by atoms with E-state index in [1.165, 1.54) is 4.90 Å². The van der Waals surface area contributed by atoms with Crippen LogP contribution in [0.4, 0.5) is 5.69 Å². The lowest BCUT2D eigenvalue weighted by molar-refractivity contribution is -0.124. The van der Waals surface area contributed by atoms with Crippen molar-refractivity contribution in [3.05, 3.63) is 42.5 Å². The molecule has 1 aromatic rings. The first-order chi connectivity index (χ1) is 9.27. The standard InChI is InChI=1S/C16H15NO2/c18-15-13-10-6-7-11(9-8-10)14(13)16(19)17(15)12-4-2-1-3-5-12/h1-7,10-11,13-14H,8-9H2/t10-,11-,13-,14-/m0/s1. The first-order valence-corrected chi connectivity index (χ1v) is 6.88. The fraction of sp³-hybridized carbons (Fsp3) is 0.375. The third kappa shape index (κ3) is 1.38. The maximum absolute atomic E-state index is 12.6. The monoisotopic (exact) mass is 253 g/mol. The van der Waals surface area contributed by atoms with Crippen LogP contribution >= 0.6 is 0 Å². The lowest BCUT2D eigenvalue weighted by atomic mass is 9.63.